The zero-order valence-corrected chi connectivity index (χ0v) is 15.9. The molecule has 8 nitrogen and oxygen atoms in total. The number of aromatic amines is 1. The lowest BCUT2D eigenvalue weighted by molar-refractivity contribution is 0.0109. The number of aromatic nitrogens is 3. The van der Waals surface area contributed by atoms with E-state index in [0.29, 0.717) is 36.3 Å². The largest absolute Gasteiger partial charge is 0.349 e. The van der Waals surface area contributed by atoms with Crippen LogP contribution in [0, 0.1) is 0 Å². The Kier molecular flexibility index (Phi) is 3.48. The normalized spacial score (nSPS) is 19.3. The van der Waals surface area contributed by atoms with Crippen LogP contribution in [0.5, 0.6) is 0 Å². The molecule has 4 heterocycles. The Morgan fingerprint density at radius 3 is 2.37 bits per heavy atom. The van der Waals surface area contributed by atoms with Gasteiger partial charge in [-0.15, -0.1) is 0 Å². The third-order valence-electron chi connectivity index (χ3n) is 6.01. The van der Waals surface area contributed by atoms with Gasteiger partial charge in [-0.05, 0) is 24.6 Å². The second-order valence-corrected chi connectivity index (χ2v) is 7.69. The molecular weight excluding hydrogens is 382 g/mol. The molecule has 8 heteroatoms. The molecule has 0 spiro atoms. The minimum absolute atomic E-state index is 0.174. The van der Waals surface area contributed by atoms with Crippen LogP contribution in [0.15, 0.2) is 59.5 Å². The smallest absolute Gasteiger partial charge is 0.339 e. The second-order valence-electron chi connectivity index (χ2n) is 7.69. The molecule has 6 rings (SSSR count). The fourth-order valence-electron chi connectivity index (χ4n) is 4.54. The van der Waals surface area contributed by atoms with E-state index in [4.69, 9.17) is 0 Å². The van der Waals surface area contributed by atoms with Crippen molar-refractivity contribution >= 4 is 33.8 Å². The Hall–Kier alpha value is -3.78. The van der Waals surface area contributed by atoms with E-state index in [2.05, 4.69) is 9.97 Å². The maximum absolute atomic E-state index is 12.8. The van der Waals surface area contributed by atoms with Crippen LogP contribution in [0.2, 0.25) is 0 Å². The topological polar surface area (TPSA) is 91.3 Å². The Balaban J connectivity index is 1.35. The first-order chi connectivity index (χ1) is 14.6. The van der Waals surface area contributed by atoms with Gasteiger partial charge in [0.25, 0.3) is 11.8 Å². The van der Waals surface area contributed by atoms with Crippen molar-refractivity contribution in [2.75, 3.05) is 13.1 Å². The average Bonchev–Trinajstić information content (AvgIpc) is 3.43. The van der Waals surface area contributed by atoms with Crippen LogP contribution in [-0.4, -0.2) is 49.5 Å². The highest BCUT2D eigenvalue weighted by Crippen LogP contribution is 2.30. The number of carbonyl (C=O) groups excluding carboxylic acids is 2. The lowest BCUT2D eigenvalue weighted by atomic mass is 10.1. The lowest BCUT2D eigenvalue weighted by Crippen LogP contribution is -2.45. The van der Waals surface area contributed by atoms with Crippen LogP contribution in [0.3, 0.4) is 0 Å². The van der Waals surface area contributed by atoms with Gasteiger partial charge in [0, 0.05) is 35.6 Å². The van der Waals surface area contributed by atoms with E-state index in [1.807, 2.05) is 30.5 Å². The molecule has 1 N–H and O–H groups in total. The fraction of sp³-hybridized carbons (Fsp3) is 0.182. The van der Waals surface area contributed by atoms with Crippen molar-refractivity contribution in [3.05, 3.63) is 76.3 Å². The van der Waals surface area contributed by atoms with E-state index in [9.17, 15) is 14.4 Å². The van der Waals surface area contributed by atoms with Gasteiger partial charge in [0.2, 0.25) is 0 Å². The average molecular weight is 399 g/mol. The van der Waals surface area contributed by atoms with Crippen LogP contribution in [0.4, 0.5) is 0 Å². The molecule has 1 unspecified atom stereocenters. The first-order valence-corrected chi connectivity index (χ1v) is 9.84. The Morgan fingerprint density at radius 2 is 1.60 bits per heavy atom. The third kappa shape index (κ3) is 2.31. The summed E-state index contributed by atoms with van der Waals surface area (Å²) in [5, 5.41) is 4.84. The van der Waals surface area contributed by atoms with Gasteiger partial charge in [-0.2, -0.15) is 4.98 Å². The van der Waals surface area contributed by atoms with Crippen molar-refractivity contribution < 1.29 is 9.59 Å². The highest BCUT2D eigenvalue weighted by atomic mass is 16.2. The Morgan fingerprint density at radius 1 is 0.900 bits per heavy atom. The van der Waals surface area contributed by atoms with Gasteiger partial charge in [-0.1, -0.05) is 30.3 Å². The van der Waals surface area contributed by atoms with Crippen molar-refractivity contribution in [2.24, 2.45) is 0 Å². The van der Waals surface area contributed by atoms with Crippen molar-refractivity contribution in [3.8, 4) is 0 Å². The number of para-hydroxylation sites is 1. The molecule has 148 valence electrons. The maximum Gasteiger partial charge on any atom is 0.349 e. The number of amides is 2. The molecular formula is C22H17N5O3. The van der Waals surface area contributed by atoms with Crippen molar-refractivity contribution in [3.63, 3.8) is 0 Å². The standard InChI is InChI=1S/C22H17N5O3/c28-20-15-6-1-2-7-16(15)21(29)27(20)25-10-9-13(11-25)26-12-17-14-5-3-4-8-18(14)23-19(17)24-22(26)30/h1-8,12-13H,9-11H2,(H,23,24,30). The van der Waals surface area contributed by atoms with Gasteiger partial charge in [0.05, 0.1) is 17.2 Å². The highest BCUT2D eigenvalue weighted by Gasteiger charge is 2.42. The Labute approximate surface area is 170 Å². The van der Waals surface area contributed by atoms with Gasteiger partial charge in [-0.3, -0.25) is 14.2 Å². The molecule has 30 heavy (non-hydrogen) atoms. The summed E-state index contributed by atoms with van der Waals surface area (Å²) in [6.45, 7) is 0.898. The minimum atomic E-state index is -0.344. The van der Waals surface area contributed by atoms with E-state index >= 15 is 0 Å². The summed E-state index contributed by atoms with van der Waals surface area (Å²) in [6, 6.07) is 14.5. The molecule has 0 radical (unpaired) electrons. The summed E-state index contributed by atoms with van der Waals surface area (Å²) in [6.07, 6.45) is 2.48. The van der Waals surface area contributed by atoms with Crippen LogP contribution in [0.1, 0.15) is 33.2 Å². The predicted octanol–water partition coefficient (Wildman–Crippen LogP) is 2.34. The number of rotatable bonds is 2. The maximum atomic E-state index is 12.8. The molecule has 1 fully saturated rings. The number of nitrogens with zero attached hydrogens (tertiary/aromatic N) is 4. The molecule has 0 bridgehead atoms. The number of imide groups is 1. The van der Waals surface area contributed by atoms with E-state index < -0.39 is 0 Å². The van der Waals surface area contributed by atoms with E-state index in [1.165, 1.54) is 5.01 Å². The summed E-state index contributed by atoms with van der Waals surface area (Å²) in [5.74, 6) is -0.623. The van der Waals surface area contributed by atoms with Crippen LogP contribution in [-0.2, 0) is 0 Å². The summed E-state index contributed by atoms with van der Waals surface area (Å²) in [4.78, 5) is 45.6. The van der Waals surface area contributed by atoms with Crippen LogP contribution in [0.25, 0.3) is 21.9 Å². The number of carbonyl (C=O) groups is 2. The fourth-order valence-corrected chi connectivity index (χ4v) is 4.54. The zero-order chi connectivity index (χ0) is 20.4. The Bertz CT molecular complexity index is 1380. The van der Waals surface area contributed by atoms with Crippen molar-refractivity contribution in [1.82, 2.24) is 24.6 Å². The van der Waals surface area contributed by atoms with Crippen molar-refractivity contribution in [2.45, 2.75) is 12.5 Å². The molecule has 1 atom stereocenters. The summed E-state index contributed by atoms with van der Waals surface area (Å²) < 4.78 is 1.63. The van der Waals surface area contributed by atoms with Gasteiger partial charge in [-0.25, -0.2) is 14.8 Å². The van der Waals surface area contributed by atoms with Crippen LogP contribution >= 0.6 is 0 Å². The zero-order valence-electron chi connectivity index (χ0n) is 15.9. The van der Waals surface area contributed by atoms with Gasteiger partial charge in [0.15, 0.2) is 0 Å². The van der Waals surface area contributed by atoms with E-state index in [0.717, 1.165) is 16.3 Å². The molecule has 2 aliphatic heterocycles. The highest BCUT2D eigenvalue weighted by molar-refractivity contribution is 6.21. The molecule has 0 saturated carbocycles. The van der Waals surface area contributed by atoms with E-state index in [1.54, 1.807) is 33.8 Å². The summed E-state index contributed by atoms with van der Waals surface area (Å²) >= 11 is 0. The second kappa shape index (κ2) is 6.11. The third-order valence-corrected chi connectivity index (χ3v) is 6.01. The molecule has 2 aromatic carbocycles. The number of hydrogen-bond acceptors (Lipinski definition) is 5. The van der Waals surface area contributed by atoms with Crippen LogP contribution < -0.4 is 5.69 Å². The molecule has 0 aliphatic carbocycles. The number of fused-ring (bicyclic) bond motifs is 4. The monoisotopic (exact) mass is 399 g/mol. The van der Waals surface area contributed by atoms with Gasteiger partial charge < -0.3 is 4.98 Å². The molecule has 2 amide bonds. The molecule has 1 saturated heterocycles. The van der Waals surface area contributed by atoms with Crippen molar-refractivity contribution in [1.29, 1.82) is 0 Å². The van der Waals surface area contributed by atoms with E-state index in [-0.39, 0.29) is 23.5 Å². The summed E-state index contributed by atoms with van der Waals surface area (Å²) in [5.41, 5.74) is 1.99. The first-order valence-electron chi connectivity index (χ1n) is 9.84. The molecule has 2 aliphatic rings. The van der Waals surface area contributed by atoms with Gasteiger partial charge >= 0.3 is 5.69 Å². The number of hydrazine groups is 1. The summed E-state index contributed by atoms with van der Waals surface area (Å²) in [7, 11) is 0. The first kappa shape index (κ1) is 17.1. The quantitative estimate of drug-likeness (QED) is 0.523. The number of hydrogen-bond donors (Lipinski definition) is 1. The molecule has 2 aromatic heterocycles. The predicted molar refractivity (Wildman–Crippen MR) is 110 cm³/mol. The molecule has 4 aromatic rings. The number of benzene rings is 2. The van der Waals surface area contributed by atoms with Gasteiger partial charge in [0.1, 0.15) is 5.65 Å². The lowest BCUT2D eigenvalue weighted by Gasteiger charge is -2.25. The number of nitrogens with one attached hydrogen (secondary N) is 1. The SMILES string of the molecule is O=C1c2ccccc2C(=O)N1N1CCC(n2cc3c(nc2=O)[nH]c2ccccc23)C1. The minimum Gasteiger partial charge on any atom is -0.339 e. The number of H-pyrrole nitrogens is 1.